The van der Waals surface area contributed by atoms with Gasteiger partial charge in [-0.3, -0.25) is 9.59 Å². The maximum Gasteiger partial charge on any atom is 0.267 e. The van der Waals surface area contributed by atoms with Gasteiger partial charge in [0.2, 0.25) is 0 Å². The summed E-state index contributed by atoms with van der Waals surface area (Å²) in [5.74, 6) is -0.236. The van der Waals surface area contributed by atoms with E-state index < -0.39 is 11.5 Å². The van der Waals surface area contributed by atoms with Gasteiger partial charge in [0.1, 0.15) is 11.3 Å². The Hall–Kier alpha value is -2.30. The molecule has 0 bridgehead atoms. The van der Waals surface area contributed by atoms with Crippen molar-refractivity contribution in [1.82, 2.24) is 9.88 Å². The number of carbonyl (C=O) groups excluding carboxylic acids is 1. The molecule has 2 N–H and O–H groups in total. The molecule has 5 nitrogen and oxygen atoms in total. The van der Waals surface area contributed by atoms with Crippen LogP contribution in [0.5, 0.6) is 5.75 Å². The van der Waals surface area contributed by atoms with Gasteiger partial charge in [-0.15, -0.1) is 0 Å². The molecule has 1 aliphatic rings. The second-order valence-electron chi connectivity index (χ2n) is 6.18. The van der Waals surface area contributed by atoms with Gasteiger partial charge >= 0.3 is 0 Å². The number of aryl methyl sites for hydroxylation is 2. The predicted octanol–water partition coefficient (Wildman–Crippen LogP) is 2.04. The summed E-state index contributed by atoms with van der Waals surface area (Å²) in [6.07, 6.45) is 1.59. The van der Waals surface area contributed by atoms with Crippen molar-refractivity contribution in [2.75, 3.05) is 6.54 Å². The number of amides is 1. The van der Waals surface area contributed by atoms with Crippen molar-refractivity contribution in [2.45, 2.75) is 33.2 Å². The van der Waals surface area contributed by atoms with Crippen molar-refractivity contribution in [3.05, 3.63) is 39.7 Å². The molecule has 0 unspecified atom stereocenters. The molecular weight excluding hydrogens is 280 g/mol. The molecule has 0 saturated heterocycles. The molecule has 2 heterocycles. The lowest BCUT2D eigenvalue weighted by Gasteiger charge is -2.12. The van der Waals surface area contributed by atoms with Crippen LogP contribution in [-0.4, -0.2) is 22.1 Å². The number of aromatic nitrogens is 1. The second-order valence-corrected chi connectivity index (χ2v) is 6.18. The average molecular weight is 300 g/mol. The standard InChI is InChI=1S/C17H20N2O3/c1-10(2)6-8-18-16(21)13-15(20)12-5-3-4-11-7-9-19(14(11)12)17(13)22/h3-5,10,20H,6-9H2,1-2H3,(H,18,21). The molecule has 22 heavy (non-hydrogen) atoms. The topological polar surface area (TPSA) is 71.3 Å². The average Bonchev–Trinajstić information content (AvgIpc) is 2.89. The van der Waals surface area contributed by atoms with Crippen LogP contribution in [0.15, 0.2) is 23.0 Å². The molecular formula is C17H20N2O3. The largest absolute Gasteiger partial charge is 0.506 e. The zero-order valence-corrected chi connectivity index (χ0v) is 12.8. The fraction of sp³-hybridized carbons (Fsp3) is 0.412. The quantitative estimate of drug-likeness (QED) is 0.907. The van der Waals surface area contributed by atoms with E-state index in [9.17, 15) is 14.7 Å². The van der Waals surface area contributed by atoms with Gasteiger partial charge in [0, 0.05) is 18.5 Å². The first-order chi connectivity index (χ1) is 10.5. The summed E-state index contributed by atoms with van der Waals surface area (Å²) in [6.45, 7) is 5.18. The minimum absolute atomic E-state index is 0.143. The van der Waals surface area contributed by atoms with Crippen LogP contribution in [0.3, 0.4) is 0 Å². The second kappa shape index (κ2) is 5.48. The number of hydrogen-bond donors (Lipinski definition) is 2. The van der Waals surface area contributed by atoms with E-state index in [0.717, 1.165) is 23.9 Å². The Bertz CT molecular complexity index is 806. The SMILES string of the molecule is CC(C)CCNC(=O)c1c(O)c2cccc3c2n(c1=O)CC3. The molecule has 1 amide bonds. The van der Waals surface area contributed by atoms with Crippen molar-refractivity contribution in [1.29, 1.82) is 0 Å². The molecule has 3 rings (SSSR count). The molecule has 116 valence electrons. The molecule has 5 heteroatoms. The summed E-state index contributed by atoms with van der Waals surface area (Å²) in [5, 5.41) is 13.7. The van der Waals surface area contributed by atoms with Crippen LogP contribution in [0.1, 0.15) is 36.2 Å². The molecule has 0 radical (unpaired) electrons. The number of hydrogen-bond acceptors (Lipinski definition) is 3. The summed E-state index contributed by atoms with van der Waals surface area (Å²) in [7, 11) is 0. The summed E-state index contributed by atoms with van der Waals surface area (Å²) in [5.41, 5.74) is 1.24. The van der Waals surface area contributed by atoms with E-state index in [1.165, 1.54) is 0 Å². The van der Waals surface area contributed by atoms with Crippen molar-refractivity contribution in [3.63, 3.8) is 0 Å². The summed E-state index contributed by atoms with van der Waals surface area (Å²) in [6, 6.07) is 5.55. The van der Waals surface area contributed by atoms with E-state index in [2.05, 4.69) is 19.2 Å². The van der Waals surface area contributed by atoms with Crippen LogP contribution >= 0.6 is 0 Å². The number of carbonyl (C=O) groups is 1. The van der Waals surface area contributed by atoms with Crippen LogP contribution in [0.4, 0.5) is 0 Å². The van der Waals surface area contributed by atoms with Gasteiger partial charge in [0.05, 0.1) is 5.52 Å². The van der Waals surface area contributed by atoms with Crippen LogP contribution < -0.4 is 10.9 Å². The highest BCUT2D eigenvalue weighted by atomic mass is 16.3. The summed E-state index contributed by atoms with van der Waals surface area (Å²) >= 11 is 0. The minimum Gasteiger partial charge on any atom is -0.506 e. The number of rotatable bonds is 4. The van der Waals surface area contributed by atoms with E-state index in [1.807, 2.05) is 12.1 Å². The zero-order chi connectivity index (χ0) is 15.9. The molecule has 1 aromatic carbocycles. The van der Waals surface area contributed by atoms with Crippen molar-refractivity contribution < 1.29 is 9.90 Å². The van der Waals surface area contributed by atoms with Crippen molar-refractivity contribution >= 4 is 16.8 Å². The van der Waals surface area contributed by atoms with Crippen LogP contribution in [0.2, 0.25) is 0 Å². The highest BCUT2D eigenvalue weighted by molar-refractivity contribution is 6.03. The van der Waals surface area contributed by atoms with E-state index in [0.29, 0.717) is 24.4 Å². The van der Waals surface area contributed by atoms with E-state index in [1.54, 1.807) is 10.6 Å². The third-order valence-electron chi connectivity index (χ3n) is 4.18. The van der Waals surface area contributed by atoms with Crippen LogP contribution in [0.25, 0.3) is 10.9 Å². The van der Waals surface area contributed by atoms with Gasteiger partial charge in [-0.05, 0) is 30.4 Å². The number of benzene rings is 1. The minimum atomic E-state index is -0.494. The molecule has 0 spiro atoms. The molecule has 0 saturated carbocycles. The van der Waals surface area contributed by atoms with Gasteiger partial charge in [0.15, 0.2) is 0 Å². The van der Waals surface area contributed by atoms with Crippen LogP contribution in [-0.2, 0) is 13.0 Å². The van der Waals surface area contributed by atoms with Gasteiger partial charge < -0.3 is 15.0 Å². The first-order valence-corrected chi connectivity index (χ1v) is 7.66. The first kappa shape index (κ1) is 14.6. The number of aromatic hydroxyl groups is 1. The lowest BCUT2D eigenvalue weighted by atomic mass is 10.1. The highest BCUT2D eigenvalue weighted by Crippen LogP contribution is 2.31. The fourth-order valence-electron chi connectivity index (χ4n) is 2.99. The van der Waals surface area contributed by atoms with Gasteiger partial charge in [-0.25, -0.2) is 0 Å². The third-order valence-corrected chi connectivity index (χ3v) is 4.18. The van der Waals surface area contributed by atoms with E-state index in [-0.39, 0.29) is 11.3 Å². The Balaban J connectivity index is 2.05. The summed E-state index contributed by atoms with van der Waals surface area (Å²) < 4.78 is 1.60. The van der Waals surface area contributed by atoms with Gasteiger partial charge in [-0.2, -0.15) is 0 Å². The van der Waals surface area contributed by atoms with E-state index in [4.69, 9.17) is 0 Å². The summed E-state index contributed by atoms with van der Waals surface area (Å²) in [4.78, 5) is 24.9. The number of para-hydroxylation sites is 1. The molecule has 1 aliphatic heterocycles. The number of pyridine rings is 1. The molecule has 0 atom stereocenters. The Morgan fingerprint density at radius 1 is 1.41 bits per heavy atom. The Morgan fingerprint density at radius 3 is 2.91 bits per heavy atom. The van der Waals surface area contributed by atoms with Crippen molar-refractivity contribution in [2.24, 2.45) is 5.92 Å². The van der Waals surface area contributed by atoms with Gasteiger partial charge in [0.25, 0.3) is 11.5 Å². The lowest BCUT2D eigenvalue weighted by molar-refractivity contribution is 0.0947. The number of nitrogens with zero attached hydrogens (tertiary/aromatic N) is 1. The Morgan fingerprint density at radius 2 is 2.18 bits per heavy atom. The first-order valence-electron chi connectivity index (χ1n) is 7.66. The normalized spacial score (nSPS) is 13.0. The third kappa shape index (κ3) is 2.26. The lowest BCUT2D eigenvalue weighted by Crippen LogP contribution is -2.33. The smallest absolute Gasteiger partial charge is 0.267 e. The fourth-order valence-corrected chi connectivity index (χ4v) is 2.99. The maximum absolute atomic E-state index is 12.5. The maximum atomic E-state index is 12.5. The van der Waals surface area contributed by atoms with Gasteiger partial charge in [-0.1, -0.05) is 26.0 Å². The molecule has 0 fully saturated rings. The van der Waals surface area contributed by atoms with Crippen molar-refractivity contribution in [3.8, 4) is 5.75 Å². The zero-order valence-electron chi connectivity index (χ0n) is 12.8. The molecule has 0 aliphatic carbocycles. The molecule has 2 aromatic rings. The monoisotopic (exact) mass is 300 g/mol. The van der Waals surface area contributed by atoms with E-state index >= 15 is 0 Å². The Kier molecular flexibility index (Phi) is 3.64. The Labute approximate surface area is 128 Å². The highest BCUT2D eigenvalue weighted by Gasteiger charge is 2.25. The van der Waals surface area contributed by atoms with Crippen LogP contribution in [0, 0.1) is 5.92 Å². The number of nitrogens with one attached hydrogen (secondary N) is 1. The molecule has 1 aromatic heterocycles. The predicted molar refractivity (Wildman–Crippen MR) is 85.4 cm³/mol.